The molecule has 31 heavy (non-hydrogen) atoms. The normalized spacial score (nSPS) is 14.6. The van der Waals surface area contributed by atoms with E-state index in [0.717, 1.165) is 25.1 Å². The van der Waals surface area contributed by atoms with Gasteiger partial charge in [0.1, 0.15) is 0 Å². The standard InChI is InChI=1S/C23H21Cl2N3O2S/c24-18-5-4-14(11-19(18)25)20(28-8-6-21-17(13-28)7-9-31-21)12-27-23(30)16-3-1-2-15(10-16)22(26)29/h1-5,7,9-11,20H,6,8,12-13H2,(H2,26,29)(H,27,30). The second kappa shape index (κ2) is 9.40. The number of carbonyl (C=O) groups excluding carboxylic acids is 2. The lowest BCUT2D eigenvalue weighted by Crippen LogP contribution is -2.40. The van der Waals surface area contributed by atoms with E-state index in [1.165, 1.54) is 16.5 Å². The maximum absolute atomic E-state index is 12.8. The molecule has 3 aromatic rings. The molecule has 2 amide bonds. The highest BCUT2D eigenvalue weighted by atomic mass is 35.5. The first-order valence-corrected chi connectivity index (χ1v) is 11.5. The average Bonchev–Trinajstić information content (AvgIpc) is 3.24. The lowest BCUT2D eigenvalue weighted by atomic mass is 10.0. The van der Waals surface area contributed by atoms with Crippen molar-refractivity contribution in [2.45, 2.75) is 19.0 Å². The molecule has 8 heteroatoms. The summed E-state index contributed by atoms with van der Waals surface area (Å²) in [7, 11) is 0. The number of benzene rings is 2. The van der Waals surface area contributed by atoms with Gasteiger partial charge < -0.3 is 11.1 Å². The van der Waals surface area contributed by atoms with Crippen LogP contribution in [0.3, 0.4) is 0 Å². The van der Waals surface area contributed by atoms with Crippen molar-refractivity contribution in [1.82, 2.24) is 10.2 Å². The molecule has 1 unspecified atom stereocenters. The molecule has 0 spiro atoms. The van der Waals surface area contributed by atoms with Gasteiger partial charge in [0.15, 0.2) is 0 Å². The minimum absolute atomic E-state index is 0.0777. The molecule has 160 valence electrons. The lowest BCUT2D eigenvalue weighted by molar-refractivity contribution is 0.0928. The summed E-state index contributed by atoms with van der Waals surface area (Å²) in [5, 5.41) is 6.11. The van der Waals surface area contributed by atoms with Crippen molar-refractivity contribution < 1.29 is 9.59 Å². The maximum atomic E-state index is 12.8. The van der Waals surface area contributed by atoms with Crippen LogP contribution >= 0.6 is 34.5 Å². The van der Waals surface area contributed by atoms with E-state index >= 15 is 0 Å². The Hall–Kier alpha value is -2.38. The molecule has 4 rings (SSSR count). The molecule has 5 nitrogen and oxygen atoms in total. The number of nitrogens with one attached hydrogen (secondary N) is 1. The van der Waals surface area contributed by atoms with E-state index in [9.17, 15) is 9.59 Å². The van der Waals surface area contributed by atoms with Crippen molar-refractivity contribution in [3.05, 3.63) is 91.1 Å². The van der Waals surface area contributed by atoms with Crippen LogP contribution in [-0.4, -0.2) is 29.8 Å². The highest BCUT2D eigenvalue weighted by Gasteiger charge is 2.26. The Morgan fingerprint density at radius 3 is 2.68 bits per heavy atom. The summed E-state index contributed by atoms with van der Waals surface area (Å²) in [6.45, 7) is 2.07. The molecule has 0 saturated carbocycles. The van der Waals surface area contributed by atoms with Gasteiger partial charge >= 0.3 is 0 Å². The van der Waals surface area contributed by atoms with Crippen LogP contribution in [0.4, 0.5) is 0 Å². The molecule has 1 aliphatic rings. The van der Waals surface area contributed by atoms with Crippen LogP contribution in [0.25, 0.3) is 0 Å². The van der Waals surface area contributed by atoms with E-state index in [-0.39, 0.29) is 11.9 Å². The van der Waals surface area contributed by atoms with Gasteiger partial charge in [-0.25, -0.2) is 0 Å². The molecule has 3 N–H and O–H groups in total. The van der Waals surface area contributed by atoms with Crippen molar-refractivity contribution in [3.8, 4) is 0 Å². The fourth-order valence-corrected chi connectivity index (χ4v) is 5.02. The van der Waals surface area contributed by atoms with Gasteiger partial charge in [-0.2, -0.15) is 0 Å². The van der Waals surface area contributed by atoms with Gasteiger partial charge in [0.05, 0.1) is 16.1 Å². The van der Waals surface area contributed by atoms with Gasteiger partial charge in [0, 0.05) is 35.6 Å². The van der Waals surface area contributed by atoms with E-state index in [0.29, 0.717) is 27.7 Å². The van der Waals surface area contributed by atoms with Gasteiger partial charge in [0.25, 0.3) is 5.91 Å². The Labute approximate surface area is 194 Å². The predicted molar refractivity (Wildman–Crippen MR) is 125 cm³/mol. The van der Waals surface area contributed by atoms with Gasteiger partial charge in [-0.15, -0.1) is 11.3 Å². The molecule has 2 aromatic carbocycles. The smallest absolute Gasteiger partial charge is 0.251 e. The summed E-state index contributed by atoms with van der Waals surface area (Å²) >= 11 is 14.2. The van der Waals surface area contributed by atoms with E-state index in [4.69, 9.17) is 28.9 Å². The quantitative estimate of drug-likeness (QED) is 0.545. The number of fused-ring (bicyclic) bond motifs is 1. The Morgan fingerprint density at radius 1 is 1.10 bits per heavy atom. The molecule has 0 radical (unpaired) electrons. The van der Waals surface area contributed by atoms with Crippen molar-refractivity contribution in [3.63, 3.8) is 0 Å². The highest BCUT2D eigenvalue weighted by molar-refractivity contribution is 7.10. The summed E-state index contributed by atoms with van der Waals surface area (Å²) < 4.78 is 0. The van der Waals surface area contributed by atoms with Crippen molar-refractivity contribution in [2.24, 2.45) is 5.73 Å². The number of carbonyl (C=O) groups is 2. The Balaban J connectivity index is 1.56. The summed E-state index contributed by atoms with van der Waals surface area (Å²) in [4.78, 5) is 28.0. The second-order valence-corrected chi connectivity index (χ2v) is 9.25. The topological polar surface area (TPSA) is 75.4 Å². The zero-order valence-electron chi connectivity index (χ0n) is 16.6. The van der Waals surface area contributed by atoms with Crippen LogP contribution in [0.5, 0.6) is 0 Å². The Morgan fingerprint density at radius 2 is 1.90 bits per heavy atom. The number of thiophene rings is 1. The van der Waals surface area contributed by atoms with E-state index in [1.54, 1.807) is 35.6 Å². The number of amides is 2. The fraction of sp³-hybridized carbons (Fsp3) is 0.217. The third kappa shape index (κ3) is 4.93. The first kappa shape index (κ1) is 21.8. The lowest BCUT2D eigenvalue weighted by Gasteiger charge is -2.35. The first-order chi connectivity index (χ1) is 14.9. The largest absolute Gasteiger partial charge is 0.366 e. The number of hydrogen-bond acceptors (Lipinski definition) is 4. The molecule has 0 saturated heterocycles. The van der Waals surface area contributed by atoms with Gasteiger partial charge in [-0.1, -0.05) is 35.3 Å². The minimum atomic E-state index is -0.566. The molecule has 0 fully saturated rings. The minimum Gasteiger partial charge on any atom is -0.366 e. The average molecular weight is 474 g/mol. The number of nitrogens with two attached hydrogens (primary N) is 1. The number of hydrogen-bond donors (Lipinski definition) is 2. The van der Waals surface area contributed by atoms with Crippen LogP contribution in [0, 0.1) is 0 Å². The summed E-state index contributed by atoms with van der Waals surface area (Å²) in [5.74, 6) is -0.829. The second-order valence-electron chi connectivity index (χ2n) is 7.43. The fourth-order valence-electron chi connectivity index (χ4n) is 3.82. The number of rotatable bonds is 6. The van der Waals surface area contributed by atoms with Crippen LogP contribution in [0.1, 0.15) is 42.8 Å². The molecule has 1 aliphatic heterocycles. The number of halogens is 2. The number of nitrogens with zero attached hydrogens (tertiary/aromatic N) is 1. The van der Waals surface area contributed by atoms with Crippen molar-refractivity contribution in [1.29, 1.82) is 0 Å². The SMILES string of the molecule is NC(=O)c1cccc(C(=O)NCC(c2ccc(Cl)c(Cl)c2)N2CCc3sccc3C2)c1. The third-order valence-electron chi connectivity index (χ3n) is 5.47. The third-order valence-corrected chi connectivity index (χ3v) is 7.23. The summed E-state index contributed by atoms with van der Waals surface area (Å²) in [5.41, 5.74) is 8.33. The molecule has 1 atom stereocenters. The van der Waals surface area contributed by atoms with E-state index < -0.39 is 5.91 Å². The van der Waals surface area contributed by atoms with Crippen LogP contribution in [0.2, 0.25) is 10.0 Å². The van der Waals surface area contributed by atoms with Crippen molar-refractivity contribution in [2.75, 3.05) is 13.1 Å². The van der Waals surface area contributed by atoms with Crippen LogP contribution in [0.15, 0.2) is 53.9 Å². The first-order valence-electron chi connectivity index (χ1n) is 9.84. The molecular weight excluding hydrogens is 453 g/mol. The Kier molecular flexibility index (Phi) is 6.62. The maximum Gasteiger partial charge on any atom is 0.251 e. The highest BCUT2D eigenvalue weighted by Crippen LogP contribution is 2.32. The molecule has 1 aromatic heterocycles. The molecule has 0 aliphatic carbocycles. The monoisotopic (exact) mass is 473 g/mol. The zero-order valence-corrected chi connectivity index (χ0v) is 18.9. The molecule has 0 bridgehead atoms. The molecule has 2 heterocycles. The molecular formula is C23H21Cl2N3O2S. The zero-order chi connectivity index (χ0) is 22.0. The van der Waals surface area contributed by atoms with Gasteiger partial charge in [0.2, 0.25) is 5.91 Å². The Bertz CT molecular complexity index is 1130. The van der Waals surface area contributed by atoms with Crippen LogP contribution in [-0.2, 0) is 13.0 Å². The van der Waals surface area contributed by atoms with Crippen LogP contribution < -0.4 is 11.1 Å². The van der Waals surface area contributed by atoms with E-state index in [2.05, 4.69) is 21.7 Å². The summed E-state index contributed by atoms with van der Waals surface area (Å²) in [6, 6.07) is 14.1. The predicted octanol–water partition coefficient (Wildman–Crippen LogP) is 4.68. The van der Waals surface area contributed by atoms with E-state index in [1.807, 2.05) is 12.1 Å². The van der Waals surface area contributed by atoms with Gasteiger partial charge in [-0.3, -0.25) is 14.5 Å². The number of primary amides is 1. The van der Waals surface area contributed by atoms with Gasteiger partial charge in [-0.05, 0) is 59.3 Å². The van der Waals surface area contributed by atoms with Crippen molar-refractivity contribution >= 4 is 46.4 Å². The summed E-state index contributed by atoms with van der Waals surface area (Å²) in [6.07, 6.45) is 0.972.